The average molecular weight is 403 g/mol. The molecule has 0 saturated carbocycles. The number of aromatic hydroxyl groups is 1. The molecule has 0 fully saturated rings. The highest BCUT2D eigenvalue weighted by atomic mass is 16.5. The Labute approximate surface area is 176 Å². The molecule has 4 rings (SSSR count). The van der Waals surface area contributed by atoms with E-state index in [9.17, 15) is 9.90 Å². The molecule has 5 nitrogen and oxygen atoms in total. The number of hydrogen-bond acceptors (Lipinski definition) is 4. The van der Waals surface area contributed by atoms with Crippen molar-refractivity contribution in [1.82, 2.24) is 0 Å². The SMILES string of the molecule is CC(C)OCc1cc(NC(=O)OCC2c3ccccc3-c3ccccc32)ccc1O. The van der Waals surface area contributed by atoms with Crippen molar-refractivity contribution in [2.75, 3.05) is 11.9 Å². The number of phenolic OH excluding ortho intramolecular Hbond substituents is 1. The van der Waals surface area contributed by atoms with Crippen LogP contribution in [0.15, 0.2) is 66.7 Å². The summed E-state index contributed by atoms with van der Waals surface area (Å²) in [4.78, 5) is 12.4. The van der Waals surface area contributed by atoms with Gasteiger partial charge in [-0.1, -0.05) is 48.5 Å². The van der Waals surface area contributed by atoms with Crippen molar-refractivity contribution >= 4 is 11.8 Å². The molecule has 30 heavy (non-hydrogen) atoms. The van der Waals surface area contributed by atoms with Crippen molar-refractivity contribution in [1.29, 1.82) is 0 Å². The van der Waals surface area contributed by atoms with E-state index in [-0.39, 0.29) is 31.0 Å². The fourth-order valence-electron chi connectivity index (χ4n) is 3.79. The number of carbonyl (C=O) groups excluding carboxylic acids is 1. The van der Waals surface area contributed by atoms with Crippen LogP contribution >= 0.6 is 0 Å². The molecule has 0 saturated heterocycles. The highest BCUT2D eigenvalue weighted by Gasteiger charge is 2.29. The first-order valence-corrected chi connectivity index (χ1v) is 10.1. The molecule has 0 aromatic heterocycles. The lowest BCUT2D eigenvalue weighted by molar-refractivity contribution is 0.0645. The van der Waals surface area contributed by atoms with Crippen molar-refractivity contribution < 1.29 is 19.4 Å². The lowest BCUT2D eigenvalue weighted by atomic mass is 9.98. The van der Waals surface area contributed by atoms with Gasteiger partial charge in [-0.05, 0) is 54.3 Å². The Morgan fingerprint density at radius 1 is 1.00 bits per heavy atom. The molecule has 1 amide bonds. The van der Waals surface area contributed by atoms with E-state index in [1.807, 2.05) is 38.1 Å². The minimum absolute atomic E-state index is 0.0120. The van der Waals surface area contributed by atoms with Crippen LogP contribution in [0.2, 0.25) is 0 Å². The predicted molar refractivity (Wildman–Crippen MR) is 117 cm³/mol. The molecule has 1 aliphatic carbocycles. The van der Waals surface area contributed by atoms with Gasteiger partial charge in [0.1, 0.15) is 12.4 Å². The first kappa shape index (κ1) is 20.0. The molecule has 0 atom stereocenters. The zero-order valence-electron chi connectivity index (χ0n) is 17.1. The van der Waals surface area contributed by atoms with Crippen LogP contribution in [-0.2, 0) is 16.1 Å². The van der Waals surface area contributed by atoms with Crippen LogP contribution in [0.4, 0.5) is 10.5 Å². The van der Waals surface area contributed by atoms with E-state index in [1.165, 1.54) is 28.3 Å². The monoisotopic (exact) mass is 403 g/mol. The highest BCUT2D eigenvalue weighted by molar-refractivity contribution is 5.85. The van der Waals surface area contributed by atoms with E-state index >= 15 is 0 Å². The average Bonchev–Trinajstić information content (AvgIpc) is 3.06. The van der Waals surface area contributed by atoms with Gasteiger partial charge in [0.25, 0.3) is 0 Å². The number of fused-ring (bicyclic) bond motifs is 3. The fraction of sp³-hybridized carbons (Fsp3) is 0.240. The molecule has 3 aromatic carbocycles. The second kappa shape index (κ2) is 8.59. The summed E-state index contributed by atoms with van der Waals surface area (Å²) in [5.74, 6) is 0.145. The Bertz CT molecular complexity index is 1020. The molecule has 0 bridgehead atoms. The third-order valence-corrected chi connectivity index (χ3v) is 5.24. The number of rotatable bonds is 6. The maximum atomic E-state index is 12.4. The minimum atomic E-state index is -0.529. The molecule has 2 N–H and O–H groups in total. The number of amides is 1. The van der Waals surface area contributed by atoms with Crippen LogP contribution in [0.1, 0.15) is 36.5 Å². The molecule has 154 valence electrons. The third kappa shape index (κ3) is 4.16. The lowest BCUT2D eigenvalue weighted by Crippen LogP contribution is -2.18. The van der Waals surface area contributed by atoms with E-state index in [1.54, 1.807) is 12.1 Å². The summed E-state index contributed by atoms with van der Waals surface area (Å²) in [6, 6.07) is 21.3. The van der Waals surface area contributed by atoms with E-state index in [2.05, 4.69) is 29.6 Å². The Balaban J connectivity index is 1.43. The predicted octanol–water partition coefficient (Wildman–Crippen LogP) is 5.68. The van der Waals surface area contributed by atoms with Gasteiger partial charge in [-0.25, -0.2) is 4.79 Å². The van der Waals surface area contributed by atoms with E-state index in [0.717, 1.165) is 0 Å². The second-order valence-corrected chi connectivity index (χ2v) is 7.65. The largest absolute Gasteiger partial charge is 0.508 e. The third-order valence-electron chi connectivity index (χ3n) is 5.24. The van der Waals surface area contributed by atoms with Gasteiger partial charge in [0.05, 0.1) is 12.7 Å². The molecule has 0 spiro atoms. The molecular weight excluding hydrogens is 378 g/mol. The van der Waals surface area contributed by atoms with Gasteiger partial charge >= 0.3 is 6.09 Å². The van der Waals surface area contributed by atoms with Gasteiger partial charge in [-0.15, -0.1) is 0 Å². The molecule has 1 aliphatic rings. The minimum Gasteiger partial charge on any atom is -0.508 e. The van der Waals surface area contributed by atoms with Crippen LogP contribution in [-0.4, -0.2) is 23.9 Å². The number of anilines is 1. The summed E-state index contributed by atoms with van der Waals surface area (Å²) in [5, 5.41) is 12.7. The summed E-state index contributed by atoms with van der Waals surface area (Å²) in [7, 11) is 0. The Morgan fingerprint density at radius 3 is 2.27 bits per heavy atom. The van der Waals surface area contributed by atoms with Crippen LogP contribution in [0, 0.1) is 0 Å². The Morgan fingerprint density at radius 2 is 1.63 bits per heavy atom. The molecule has 0 unspecified atom stereocenters. The molecule has 0 heterocycles. The summed E-state index contributed by atoms with van der Waals surface area (Å²) in [6.45, 7) is 4.37. The molecule has 0 radical (unpaired) electrons. The smallest absolute Gasteiger partial charge is 0.411 e. The topological polar surface area (TPSA) is 67.8 Å². The zero-order valence-corrected chi connectivity index (χ0v) is 17.1. The number of hydrogen-bond donors (Lipinski definition) is 2. The summed E-state index contributed by atoms with van der Waals surface area (Å²) >= 11 is 0. The molecule has 3 aromatic rings. The van der Waals surface area contributed by atoms with Crippen LogP contribution in [0.5, 0.6) is 5.75 Å². The summed E-state index contributed by atoms with van der Waals surface area (Å²) in [5.41, 5.74) is 5.88. The van der Waals surface area contributed by atoms with Crippen LogP contribution < -0.4 is 5.32 Å². The van der Waals surface area contributed by atoms with Crippen molar-refractivity contribution in [2.24, 2.45) is 0 Å². The quantitative estimate of drug-likeness (QED) is 0.520. The first-order chi connectivity index (χ1) is 14.5. The van der Waals surface area contributed by atoms with Gasteiger partial charge in [0, 0.05) is 17.2 Å². The number of benzene rings is 3. The van der Waals surface area contributed by atoms with Crippen LogP contribution in [0.3, 0.4) is 0 Å². The van der Waals surface area contributed by atoms with E-state index in [4.69, 9.17) is 9.47 Å². The molecule has 0 aliphatic heterocycles. The fourth-order valence-corrected chi connectivity index (χ4v) is 3.79. The lowest BCUT2D eigenvalue weighted by Gasteiger charge is -2.15. The highest BCUT2D eigenvalue weighted by Crippen LogP contribution is 2.44. The van der Waals surface area contributed by atoms with Crippen molar-refractivity contribution in [3.8, 4) is 16.9 Å². The Hall–Kier alpha value is -3.31. The maximum absolute atomic E-state index is 12.4. The number of nitrogens with one attached hydrogen (secondary N) is 1. The van der Waals surface area contributed by atoms with Gasteiger partial charge in [-0.2, -0.15) is 0 Å². The van der Waals surface area contributed by atoms with Crippen LogP contribution in [0.25, 0.3) is 11.1 Å². The normalized spacial score (nSPS) is 12.5. The van der Waals surface area contributed by atoms with Gasteiger partial charge in [0.2, 0.25) is 0 Å². The number of carbonyl (C=O) groups is 1. The van der Waals surface area contributed by atoms with Crippen molar-refractivity contribution in [3.05, 3.63) is 83.4 Å². The number of ether oxygens (including phenoxy) is 2. The molecular formula is C25H25NO4. The first-order valence-electron chi connectivity index (χ1n) is 10.1. The van der Waals surface area contributed by atoms with E-state index in [0.29, 0.717) is 11.3 Å². The number of phenols is 1. The van der Waals surface area contributed by atoms with Gasteiger partial charge in [0.15, 0.2) is 0 Å². The van der Waals surface area contributed by atoms with Gasteiger partial charge in [-0.3, -0.25) is 5.32 Å². The van der Waals surface area contributed by atoms with Crippen molar-refractivity contribution in [2.45, 2.75) is 32.5 Å². The standard InChI is InChI=1S/C25H25NO4/c1-16(2)29-14-17-13-18(11-12-24(17)27)26-25(28)30-15-23-21-9-5-3-7-19(21)20-8-4-6-10-22(20)23/h3-13,16,23,27H,14-15H2,1-2H3,(H,26,28). The Kier molecular flexibility index (Phi) is 5.72. The molecule has 5 heteroatoms. The van der Waals surface area contributed by atoms with Crippen molar-refractivity contribution in [3.63, 3.8) is 0 Å². The maximum Gasteiger partial charge on any atom is 0.411 e. The summed E-state index contributed by atoms with van der Waals surface area (Å²) < 4.78 is 11.1. The van der Waals surface area contributed by atoms with E-state index < -0.39 is 6.09 Å². The second-order valence-electron chi connectivity index (χ2n) is 7.65. The summed E-state index contributed by atoms with van der Waals surface area (Å²) in [6.07, 6.45) is -0.485. The zero-order chi connectivity index (χ0) is 21.1. The van der Waals surface area contributed by atoms with Gasteiger partial charge < -0.3 is 14.6 Å².